The Morgan fingerprint density at radius 1 is 0.976 bits per heavy atom. The molecule has 8 heteroatoms. The molecule has 3 heterocycles. The third-order valence-electron chi connectivity index (χ3n) is 8.62. The first kappa shape index (κ1) is 27.5. The molecule has 0 N–H and O–H groups in total. The highest BCUT2D eigenvalue weighted by Gasteiger charge is 2.37. The van der Waals surface area contributed by atoms with Crippen LogP contribution in [0.5, 0.6) is 17.2 Å². The van der Waals surface area contributed by atoms with E-state index in [1.54, 1.807) is 13.2 Å². The van der Waals surface area contributed by atoms with Crippen LogP contribution >= 0.6 is 0 Å². The summed E-state index contributed by atoms with van der Waals surface area (Å²) in [5.74, 6) is 2.33. The molecule has 0 spiro atoms. The quantitative estimate of drug-likeness (QED) is 0.348. The molecule has 2 unspecified atom stereocenters. The van der Waals surface area contributed by atoms with E-state index in [1.165, 1.54) is 25.0 Å². The van der Waals surface area contributed by atoms with Gasteiger partial charge in [-0.2, -0.15) is 0 Å². The fraction of sp³-hybridized carbons (Fsp3) is 0.424. The molecule has 216 valence electrons. The Morgan fingerprint density at radius 3 is 2.56 bits per heavy atom. The lowest BCUT2D eigenvalue weighted by Gasteiger charge is -2.30. The zero-order chi connectivity index (χ0) is 28.2. The molecule has 6 rings (SSSR count). The Labute approximate surface area is 241 Å². The summed E-state index contributed by atoms with van der Waals surface area (Å²) in [6, 6.07) is 20.4. The van der Waals surface area contributed by atoms with E-state index in [0.717, 1.165) is 56.1 Å². The number of carbonyl (C=O) groups is 1. The van der Waals surface area contributed by atoms with Gasteiger partial charge in [-0.1, -0.05) is 30.3 Å². The van der Waals surface area contributed by atoms with E-state index in [0.29, 0.717) is 30.2 Å². The minimum Gasteiger partial charge on any atom is -0.496 e. The van der Waals surface area contributed by atoms with Crippen LogP contribution in [0.3, 0.4) is 0 Å². The largest absolute Gasteiger partial charge is 0.496 e. The van der Waals surface area contributed by atoms with Crippen molar-refractivity contribution in [3.8, 4) is 17.2 Å². The van der Waals surface area contributed by atoms with Gasteiger partial charge in [0.15, 0.2) is 11.5 Å². The number of amides is 1. The first-order valence-corrected chi connectivity index (χ1v) is 14.6. The minimum absolute atomic E-state index is 0.0123. The molecule has 0 bridgehead atoms. The summed E-state index contributed by atoms with van der Waals surface area (Å²) >= 11 is 0. The molecule has 7 nitrogen and oxygen atoms in total. The third kappa shape index (κ3) is 6.34. The molecule has 3 aliphatic heterocycles. The molecule has 3 aromatic rings. The average Bonchev–Trinajstić information content (AvgIpc) is 3.77. The van der Waals surface area contributed by atoms with Crippen LogP contribution in [0, 0.1) is 11.7 Å². The normalized spacial score (nSPS) is 20.4. The number of ether oxygens (including phenoxy) is 3. The lowest BCUT2D eigenvalue weighted by Crippen LogP contribution is -2.42. The van der Waals surface area contributed by atoms with Crippen LogP contribution in [-0.2, 0) is 6.54 Å². The van der Waals surface area contributed by atoms with Crippen LogP contribution in [0.4, 0.5) is 4.39 Å². The second-order valence-electron chi connectivity index (χ2n) is 11.3. The van der Waals surface area contributed by atoms with Crippen LogP contribution < -0.4 is 14.2 Å². The number of nitrogens with zero attached hydrogens (tertiary/aromatic N) is 3. The van der Waals surface area contributed by atoms with E-state index in [2.05, 4.69) is 21.9 Å². The maximum absolute atomic E-state index is 14.0. The number of para-hydroxylation sites is 1. The molecule has 0 radical (unpaired) electrons. The lowest BCUT2D eigenvalue weighted by molar-refractivity contribution is 0.0707. The van der Waals surface area contributed by atoms with Gasteiger partial charge in [0.2, 0.25) is 6.79 Å². The van der Waals surface area contributed by atoms with E-state index in [-0.39, 0.29) is 30.4 Å². The smallest absolute Gasteiger partial charge is 0.254 e. The summed E-state index contributed by atoms with van der Waals surface area (Å²) < 4.78 is 30.4. The van der Waals surface area contributed by atoms with Crippen molar-refractivity contribution in [1.82, 2.24) is 14.7 Å². The molecule has 0 saturated carbocycles. The first-order valence-electron chi connectivity index (χ1n) is 14.6. The predicted octanol–water partition coefficient (Wildman–Crippen LogP) is 5.02. The van der Waals surface area contributed by atoms with Gasteiger partial charge in [0.25, 0.3) is 5.91 Å². The van der Waals surface area contributed by atoms with Crippen LogP contribution in [-0.4, -0.2) is 80.3 Å². The number of benzene rings is 3. The lowest BCUT2D eigenvalue weighted by atomic mass is 9.87. The molecule has 3 aliphatic rings. The fourth-order valence-corrected chi connectivity index (χ4v) is 6.49. The van der Waals surface area contributed by atoms with E-state index in [1.807, 2.05) is 41.3 Å². The van der Waals surface area contributed by atoms with Crippen molar-refractivity contribution in [3.63, 3.8) is 0 Å². The van der Waals surface area contributed by atoms with Gasteiger partial charge in [-0.05, 0) is 79.4 Å². The van der Waals surface area contributed by atoms with Crippen LogP contribution in [0.15, 0.2) is 66.7 Å². The third-order valence-corrected chi connectivity index (χ3v) is 8.62. The molecule has 1 amide bonds. The number of carbonyl (C=O) groups excluding carboxylic acids is 1. The Hall–Kier alpha value is -3.62. The van der Waals surface area contributed by atoms with Gasteiger partial charge in [-0.15, -0.1) is 0 Å². The number of rotatable bonds is 10. The molecule has 2 saturated heterocycles. The summed E-state index contributed by atoms with van der Waals surface area (Å²) in [5, 5.41) is 0. The maximum Gasteiger partial charge on any atom is 0.254 e. The second-order valence-corrected chi connectivity index (χ2v) is 11.3. The van der Waals surface area contributed by atoms with Crippen LogP contribution in [0.25, 0.3) is 0 Å². The van der Waals surface area contributed by atoms with Crippen molar-refractivity contribution in [2.75, 3.05) is 59.7 Å². The van der Waals surface area contributed by atoms with Crippen molar-refractivity contribution in [2.24, 2.45) is 5.92 Å². The molecular weight excluding hydrogens is 521 g/mol. The number of halogens is 1. The van der Waals surface area contributed by atoms with Gasteiger partial charge in [0.1, 0.15) is 11.6 Å². The van der Waals surface area contributed by atoms with Gasteiger partial charge in [0, 0.05) is 50.7 Å². The maximum atomic E-state index is 14.0. The van der Waals surface area contributed by atoms with Crippen molar-refractivity contribution in [3.05, 3.63) is 89.2 Å². The molecule has 0 aliphatic carbocycles. The number of methoxy groups -OCH3 is 1. The summed E-state index contributed by atoms with van der Waals surface area (Å²) in [4.78, 5) is 20.9. The SMILES string of the molecule is COc1ccccc1C1CN(Cc2ccc(F)cc2)CC1CN(CCN1CCCC1)C(=O)c1ccc2c(c1)OCO2. The number of likely N-dealkylation sites (tertiary alicyclic amines) is 2. The number of hydrogen-bond donors (Lipinski definition) is 0. The van der Waals surface area contributed by atoms with Gasteiger partial charge < -0.3 is 24.0 Å². The van der Waals surface area contributed by atoms with Crippen molar-refractivity contribution in [1.29, 1.82) is 0 Å². The molecule has 0 aromatic heterocycles. The molecule has 41 heavy (non-hydrogen) atoms. The van der Waals surface area contributed by atoms with Gasteiger partial charge >= 0.3 is 0 Å². The van der Waals surface area contributed by atoms with Crippen molar-refractivity contribution < 1.29 is 23.4 Å². The highest BCUT2D eigenvalue weighted by Crippen LogP contribution is 2.39. The Kier molecular flexibility index (Phi) is 8.39. The number of hydrogen-bond acceptors (Lipinski definition) is 6. The molecular formula is C33H38FN3O4. The fourth-order valence-electron chi connectivity index (χ4n) is 6.49. The molecule has 2 fully saturated rings. The summed E-state index contributed by atoms with van der Waals surface area (Å²) in [5.41, 5.74) is 2.86. The van der Waals surface area contributed by atoms with E-state index in [4.69, 9.17) is 14.2 Å². The Balaban J connectivity index is 1.26. The van der Waals surface area contributed by atoms with E-state index < -0.39 is 0 Å². The standard InChI is InChI=1S/C33H38FN3O4/c1-39-30-7-3-2-6-28(30)29-22-36(19-24-8-11-27(34)12-9-24)20-26(29)21-37(17-16-35-14-4-5-15-35)33(38)25-10-13-31-32(18-25)41-23-40-31/h2-3,6-13,18,26,29H,4-5,14-17,19-23H2,1H3. The molecule has 3 aromatic carbocycles. The summed E-state index contributed by atoms with van der Waals surface area (Å²) in [7, 11) is 1.71. The minimum atomic E-state index is -0.226. The van der Waals surface area contributed by atoms with E-state index >= 15 is 0 Å². The Bertz CT molecular complexity index is 1340. The highest BCUT2D eigenvalue weighted by atomic mass is 19.1. The van der Waals surface area contributed by atoms with Gasteiger partial charge in [0.05, 0.1) is 7.11 Å². The van der Waals surface area contributed by atoms with Crippen LogP contribution in [0.2, 0.25) is 0 Å². The predicted molar refractivity (Wildman–Crippen MR) is 155 cm³/mol. The van der Waals surface area contributed by atoms with Crippen molar-refractivity contribution >= 4 is 5.91 Å². The molecule has 2 atom stereocenters. The summed E-state index contributed by atoms with van der Waals surface area (Å²) in [6.07, 6.45) is 2.43. The summed E-state index contributed by atoms with van der Waals surface area (Å²) in [6.45, 7) is 6.90. The Morgan fingerprint density at radius 2 is 1.76 bits per heavy atom. The monoisotopic (exact) mass is 559 g/mol. The van der Waals surface area contributed by atoms with Gasteiger partial charge in [-0.25, -0.2) is 4.39 Å². The van der Waals surface area contributed by atoms with Crippen LogP contribution in [0.1, 0.15) is 40.2 Å². The van der Waals surface area contributed by atoms with Crippen molar-refractivity contribution in [2.45, 2.75) is 25.3 Å². The zero-order valence-electron chi connectivity index (χ0n) is 23.6. The highest BCUT2D eigenvalue weighted by molar-refractivity contribution is 5.95. The average molecular weight is 560 g/mol. The number of fused-ring (bicyclic) bond motifs is 1. The van der Waals surface area contributed by atoms with E-state index in [9.17, 15) is 9.18 Å². The topological polar surface area (TPSA) is 54.5 Å². The second kappa shape index (κ2) is 12.5. The zero-order valence-corrected chi connectivity index (χ0v) is 23.6. The first-order chi connectivity index (χ1) is 20.1. The van der Waals surface area contributed by atoms with Gasteiger partial charge in [-0.3, -0.25) is 9.69 Å².